The number of fused-ring (bicyclic) bond motifs is 3. The van der Waals surface area contributed by atoms with Crippen molar-refractivity contribution in [3.05, 3.63) is 46.7 Å². The van der Waals surface area contributed by atoms with Crippen LogP contribution in [0.1, 0.15) is 43.5 Å². The van der Waals surface area contributed by atoms with Gasteiger partial charge in [-0.05, 0) is 41.9 Å². The average molecular weight is 417 g/mol. The topological polar surface area (TPSA) is 121 Å². The monoisotopic (exact) mass is 417 g/mol. The number of esters is 2. The third-order valence-electron chi connectivity index (χ3n) is 7.36. The zero-order valence-corrected chi connectivity index (χ0v) is 17.1. The van der Waals surface area contributed by atoms with E-state index in [-0.39, 0.29) is 41.1 Å². The second-order valence-electron chi connectivity index (χ2n) is 9.17. The molecular formula is C22H27NO7. The molecule has 0 spiro atoms. The molecule has 1 saturated heterocycles. The number of aliphatic hydroxyl groups excluding tert-OH is 1. The Balaban J connectivity index is 1.69. The second kappa shape index (κ2) is 7.46. The second-order valence-corrected chi connectivity index (χ2v) is 9.17. The van der Waals surface area contributed by atoms with E-state index in [9.17, 15) is 19.9 Å². The number of rotatable bonds is 4. The lowest BCUT2D eigenvalue weighted by atomic mass is 9.48. The fraction of sp³-hybridized carbons (Fsp3) is 0.545. The lowest BCUT2D eigenvalue weighted by Gasteiger charge is -2.57. The molecule has 3 aliphatic rings. The van der Waals surface area contributed by atoms with Crippen LogP contribution in [0.5, 0.6) is 0 Å². The Morgan fingerprint density at radius 1 is 1.30 bits per heavy atom. The SMILES string of the molecule is C[C@]1(CO)CCC[C@]2(C)[C@H]3COC(=O)C3=C[C@@H](OC(=O)c3ccc([NH+]([O-])O)cc3)[C@@H]12. The van der Waals surface area contributed by atoms with Crippen molar-refractivity contribution in [2.75, 3.05) is 13.2 Å². The van der Waals surface area contributed by atoms with Crippen LogP contribution < -0.4 is 5.23 Å². The maximum atomic E-state index is 12.9. The van der Waals surface area contributed by atoms with Gasteiger partial charge in [0.05, 0.1) is 12.2 Å². The first-order chi connectivity index (χ1) is 14.2. The van der Waals surface area contributed by atoms with Gasteiger partial charge in [0.15, 0.2) is 5.69 Å². The number of nitrogens with one attached hydrogen (secondary N) is 1. The molecule has 0 radical (unpaired) electrons. The van der Waals surface area contributed by atoms with Gasteiger partial charge in [0.25, 0.3) is 0 Å². The molecule has 1 heterocycles. The summed E-state index contributed by atoms with van der Waals surface area (Å²) >= 11 is 0. The van der Waals surface area contributed by atoms with Crippen molar-refractivity contribution < 1.29 is 34.6 Å². The van der Waals surface area contributed by atoms with Crippen LogP contribution in [0.4, 0.5) is 5.69 Å². The zero-order chi connectivity index (χ0) is 21.7. The summed E-state index contributed by atoms with van der Waals surface area (Å²) in [6.07, 6.45) is 3.59. The van der Waals surface area contributed by atoms with Crippen molar-refractivity contribution >= 4 is 17.6 Å². The Morgan fingerprint density at radius 3 is 2.63 bits per heavy atom. The Bertz CT molecular complexity index is 880. The number of quaternary nitrogens is 1. The Kier molecular flexibility index (Phi) is 5.22. The average Bonchev–Trinajstić information content (AvgIpc) is 3.09. The standard InChI is InChI=1S/C22H27NO7/c1-21(12-24)8-3-9-22(2)16-11-29-20(26)15(16)10-17(18(21)22)30-19(25)13-4-6-14(7-5-13)23(27)28/h4-7,10,16-18,23-24,27H,3,8-9,11-12H2,1-2H3/t16-,17+,18-,21+,22+/m0/s1. The molecule has 0 aromatic heterocycles. The number of carbonyl (C=O) groups excluding carboxylic acids is 2. The van der Waals surface area contributed by atoms with Crippen LogP contribution >= 0.6 is 0 Å². The van der Waals surface area contributed by atoms with E-state index >= 15 is 0 Å². The van der Waals surface area contributed by atoms with Crippen LogP contribution in [0, 0.1) is 27.9 Å². The predicted molar refractivity (Wildman–Crippen MR) is 105 cm³/mol. The van der Waals surface area contributed by atoms with Gasteiger partial charge in [0.2, 0.25) is 0 Å². The van der Waals surface area contributed by atoms with Crippen LogP contribution in [0.2, 0.25) is 0 Å². The minimum atomic E-state index is -1.07. The molecule has 2 aliphatic carbocycles. The molecule has 0 amide bonds. The van der Waals surface area contributed by atoms with Gasteiger partial charge >= 0.3 is 11.9 Å². The van der Waals surface area contributed by atoms with Crippen molar-refractivity contribution in [1.82, 2.24) is 0 Å². The smallest absolute Gasteiger partial charge is 0.338 e. The summed E-state index contributed by atoms with van der Waals surface area (Å²) in [5.74, 6) is -1.21. The predicted octanol–water partition coefficient (Wildman–Crippen LogP) is 1.53. The molecule has 1 aromatic carbocycles. The van der Waals surface area contributed by atoms with Crippen LogP contribution in [0.25, 0.3) is 0 Å². The van der Waals surface area contributed by atoms with Crippen LogP contribution in [0.3, 0.4) is 0 Å². The largest absolute Gasteiger partial charge is 0.595 e. The molecule has 4 rings (SSSR count). The summed E-state index contributed by atoms with van der Waals surface area (Å²) in [5, 5.41) is 29.2. The maximum absolute atomic E-state index is 12.9. The highest BCUT2D eigenvalue weighted by Crippen LogP contribution is 2.61. The molecule has 8 nitrogen and oxygen atoms in total. The minimum absolute atomic E-state index is 0.0423. The summed E-state index contributed by atoms with van der Waals surface area (Å²) in [6, 6.07) is 5.54. The number of benzene rings is 1. The highest BCUT2D eigenvalue weighted by atomic mass is 16.8. The summed E-state index contributed by atoms with van der Waals surface area (Å²) in [4.78, 5) is 25.2. The van der Waals surface area contributed by atoms with E-state index in [4.69, 9.17) is 14.7 Å². The lowest BCUT2D eigenvalue weighted by Crippen LogP contribution is -2.99. The van der Waals surface area contributed by atoms with E-state index < -0.39 is 22.7 Å². The molecule has 162 valence electrons. The van der Waals surface area contributed by atoms with E-state index in [2.05, 4.69) is 6.92 Å². The third kappa shape index (κ3) is 3.24. The molecule has 30 heavy (non-hydrogen) atoms. The first-order valence-electron chi connectivity index (χ1n) is 10.2. The highest BCUT2D eigenvalue weighted by molar-refractivity contribution is 5.92. The van der Waals surface area contributed by atoms with Gasteiger partial charge in [0.1, 0.15) is 6.10 Å². The number of ether oxygens (including phenoxy) is 2. The molecule has 0 bridgehead atoms. The van der Waals surface area contributed by atoms with Crippen LogP contribution in [-0.2, 0) is 14.3 Å². The number of hydrogen-bond donors (Lipinski definition) is 3. The summed E-state index contributed by atoms with van der Waals surface area (Å²) in [5.41, 5.74) is 0.0614. The molecule has 2 fully saturated rings. The Hall–Kier alpha value is -2.26. The number of cyclic esters (lactones) is 1. The molecule has 1 saturated carbocycles. The fourth-order valence-electron chi connectivity index (χ4n) is 5.84. The van der Waals surface area contributed by atoms with Crippen molar-refractivity contribution in [2.45, 2.75) is 39.2 Å². The third-order valence-corrected chi connectivity index (χ3v) is 7.36. The van der Waals surface area contributed by atoms with Crippen molar-refractivity contribution in [2.24, 2.45) is 22.7 Å². The first-order valence-corrected chi connectivity index (χ1v) is 10.2. The maximum Gasteiger partial charge on any atom is 0.338 e. The summed E-state index contributed by atoms with van der Waals surface area (Å²) < 4.78 is 11.2. The number of hydrogen-bond acceptors (Lipinski definition) is 7. The Labute approximate surface area is 174 Å². The van der Waals surface area contributed by atoms with Gasteiger partial charge < -0.3 is 19.8 Å². The highest BCUT2D eigenvalue weighted by Gasteiger charge is 2.61. The number of carbonyl (C=O) groups is 2. The van der Waals surface area contributed by atoms with Gasteiger partial charge in [-0.25, -0.2) is 14.8 Å². The van der Waals surface area contributed by atoms with E-state index in [1.54, 1.807) is 6.08 Å². The van der Waals surface area contributed by atoms with Gasteiger partial charge in [-0.1, -0.05) is 20.3 Å². The molecule has 3 N–H and O–H groups in total. The zero-order valence-electron chi connectivity index (χ0n) is 17.1. The van der Waals surface area contributed by atoms with E-state index in [1.165, 1.54) is 24.3 Å². The van der Waals surface area contributed by atoms with Crippen molar-refractivity contribution in [3.8, 4) is 0 Å². The minimum Gasteiger partial charge on any atom is -0.595 e. The fourth-order valence-corrected chi connectivity index (χ4v) is 5.84. The molecule has 8 heteroatoms. The van der Waals surface area contributed by atoms with E-state index in [1.807, 2.05) is 6.92 Å². The summed E-state index contributed by atoms with van der Waals surface area (Å²) in [7, 11) is 0. The van der Waals surface area contributed by atoms with Crippen molar-refractivity contribution in [1.29, 1.82) is 0 Å². The molecule has 6 atom stereocenters. The van der Waals surface area contributed by atoms with E-state index in [0.29, 0.717) is 12.2 Å². The van der Waals surface area contributed by atoms with Gasteiger partial charge in [0, 0.05) is 36.1 Å². The molecule has 1 unspecified atom stereocenters. The van der Waals surface area contributed by atoms with Gasteiger partial charge in [-0.2, -0.15) is 5.23 Å². The Morgan fingerprint density at radius 2 is 2.00 bits per heavy atom. The lowest BCUT2D eigenvalue weighted by molar-refractivity contribution is -0.991. The van der Waals surface area contributed by atoms with Crippen molar-refractivity contribution in [3.63, 3.8) is 0 Å². The number of aliphatic hydroxyl groups is 1. The summed E-state index contributed by atoms with van der Waals surface area (Å²) in [6.45, 7) is 4.39. The van der Waals surface area contributed by atoms with Gasteiger partial charge in [-0.15, -0.1) is 0 Å². The van der Waals surface area contributed by atoms with Gasteiger partial charge in [-0.3, -0.25) is 0 Å². The normalized spacial score (nSPS) is 36.2. The molecular weight excluding hydrogens is 390 g/mol. The quantitative estimate of drug-likeness (QED) is 0.502. The molecule has 1 aliphatic heterocycles. The van der Waals surface area contributed by atoms with E-state index in [0.717, 1.165) is 19.3 Å². The molecule has 1 aromatic rings. The van der Waals surface area contributed by atoms with Crippen LogP contribution in [0.15, 0.2) is 35.9 Å². The first kappa shape index (κ1) is 21.0. The van der Waals surface area contributed by atoms with Crippen LogP contribution in [-0.4, -0.2) is 41.6 Å².